The van der Waals surface area contributed by atoms with Crippen LogP contribution in [0.2, 0.25) is 0 Å². The average molecular weight is 361 g/mol. The van der Waals surface area contributed by atoms with Gasteiger partial charge in [-0.25, -0.2) is 4.79 Å². The van der Waals surface area contributed by atoms with Crippen molar-refractivity contribution in [2.45, 2.75) is 18.9 Å². The van der Waals surface area contributed by atoms with Gasteiger partial charge in [0.05, 0.1) is 23.7 Å². The first kappa shape index (κ1) is 17.7. The number of anilines is 1. The highest BCUT2D eigenvalue weighted by atomic mass is 79.9. The molecule has 0 saturated heterocycles. The number of urea groups is 1. The number of halogens is 1. The predicted molar refractivity (Wildman–Crippen MR) is 84.8 cm³/mol. The van der Waals surface area contributed by atoms with E-state index in [0.717, 1.165) is 4.47 Å². The van der Waals surface area contributed by atoms with E-state index in [1.165, 1.54) is 0 Å². The van der Waals surface area contributed by atoms with E-state index in [9.17, 15) is 4.79 Å². The maximum absolute atomic E-state index is 12.0. The zero-order valence-corrected chi connectivity index (χ0v) is 14.0. The van der Waals surface area contributed by atoms with Crippen molar-refractivity contribution >= 4 is 27.6 Å². The van der Waals surface area contributed by atoms with E-state index in [-0.39, 0.29) is 12.6 Å². The molecule has 0 spiro atoms. The van der Waals surface area contributed by atoms with Crippen molar-refractivity contribution in [3.05, 3.63) is 22.7 Å². The second-order valence-corrected chi connectivity index (χ2v) is 5.75. The number of hydrogen-bond acceptors (Lipinski definition) is 4. The second-order valence-electron chi connectivity index (χ2n) is 4.90. The fourth-order valence-electron chi connectivity index (χ4n) is 1.92. The lowest BCUT2D eigenvalue weighted by molar-refractivity contribution is 0.104. The van der Waals surface area contributed by atoms with Crippen molar-refractivity contribution in [1.29, 1.82) is 0 Å². The Hall–Kier alpha value is -1.31. The lowest BCUT2D eigenvalue weighted by Gasteiger charge is -2.29. The van der Waals surface area contributed by atoms with Crippen LogP contribution >= 0.6 is 15.9 Å². The number of benzene rings is 1. The third-order valence-corrected chi connectivity index (χ3v) is 3.57. The zero-order valence-electron chi connectivity index (χ0n) is 12.4. The van der Waals surface area contributed by atoms with Gasteiger partial charge in [-0.3, -0.25) is 0 Å². The maximum atomic E-state index is 12.0. The smallest absolute Gasteiger partial charge is 0.319 e. The number of carbonyl (C=O) groups is 1. The summed E-state index contributed by atoms with van der Waals surface area (Å²) in [4.78, 5) is 12.0. The van der Waals surface area contributed by atoms with E-state index in [0.29, 0.717) is 24.5 Å². The SMILES string of the molecule is COCC(C)(CCO)NC(=O)Nc1ccc(OC)c(Br)c1. The van der Waals surface area contributed by atoms with E-state index >= 15 is 0 Å². The minimum atomic E-state index is -0.628. The number of amides is 2. The molecule has 1 aromatic rings. The van der Waals surface area contributed by atoms with E-state index in [1.807, 2.05) is 6.92 Å². The molecule has 0 saturated carbocycles. The van der Waals surface area contributed by atoms with Crippen molar-refractivity contribution in [3.8, 4) is 5.75 Å². The first-order chi connectivity index (χ1) is 9.94. The molecular formula is C14H21BrN2O4. The van der Waals surface area contributed by atoms with Gasteiger partial charge in [-0.05, 0) is 47.5 Å². The van der Waals surface area contributed by atoms with Crippen LogP contribution in [0.5, 0.6) is 5.75 Å². The minimum absolute atomic E-state index is 0.0335. The summed E-state index contributed by atoms with van der Waals surface area (Å²) in [6, 6.07) is 4.88. The molecule has 1 unspecified atom stereocenters. The number of carbonyl (C=O) groups excluding carboxylic acids is 1. The lowest BCUT2D eigenvalue weighted by Crippen LogP contribution is -2.51. The molecule has 1 rings (SSSR count). The van der Waals surface area contributed by atoms with Crippen LogP contribution in [0.1, 0.15) is 13.3 Å². The molecule has 6 nitrogen and oxygen atoms in total. The van der Waals surface area contributed by atoms with E-state index in [2.05, 4.69) is 26.6 Å². The number of hydrogen-bond donors (Lipinski definition) is 3. The van der Waals surface area contributed by atoms with Crippen LogP contribution in [0.4, 0.5) is 10.5 Å². The molecule has 0 bridgehead atoms. The van der Waals surface area contributed by atoms with Crippen LogP contribution < -0.4 is 15.4 Å². The second kappa shape index (κ2) is 8.21. The lowest BCUT2D eigenvalue weighted by atomic mass is 10.00. The number of aliphatic hydroxyl groups excluding tert-OH is 1. The third kappa shape index (κ3) is 5.53. The quantitative estimate of drug-likeness (QED) is 0.697. The number of methoxy groups -OCH3 is 2. The molecule has 0 aliphatic heterocycles. The summed E-state index contributed by atoms with van der Waals surface area (Å²) in [5.41, 5.74) is 0.000956. The van der Waals surface area contributed by atoms with Gasteiger partial charge in [-0.15, -0.1) is 0 Å². The molecule has 1 atom stereocenters. The fraction of sp³-hybridized carbons (Fsp3) is 0.500. The Kier molecular flexibility index (Phi) is 6.94. The standard InChI is InChI=1S/C14H21BrN2O4/c1-14(6-7-18,9-20-2)17-13(19)16-10-4-5-12(21-3)11(15)8-10/h4-5,8,18H,6-7,9H2,1-3H3,(H2,16,17,19). The van der Waals surface area contributed by atoms with Crippen molar-refractivity contribution in [3.63, 3.8) is 0 Å². The fourth-order valence-corrected chi connectivity index (χ4v) is 2.46. The minimum Gasteiger partial charge on any atom is -0.496 e. The molecule has 21 heavy (non-hydrogen) atoms. The Morgan fingerprint density at radius 1 is 1.43 bits per heavy atom. The first-order valence-corrected chi connectivity index (χ1v) is 7.26. The van der Waals surface area contributed by atoms with Gasteiger partial charge in [0.2, 0.25) is 0 Å². The number of rotatable bonds is 7. The molecule has 3 N–H and O–H groups in total. The molecule has 0 heterocycles. The highest BCUT2D eigenvalue weighted by molar-refractivity contribution is 9.10. The number of ether oxygens (including phenoxy) is 2. The Labute approximate surface area is 133 Å². The van der Waals surface area contributed by atoms with Crippen molar-refractivity contribution in [2.24, 2.45) is 0 Å². The molecule has 118 valence electrons. The number of aliphatic hydroxyl groups is 1. The summed E-state index contributed by atoms with van der Waals surface area (Å²) in [7, 11) is 3.13. The van der Waals surface area contributed by atoms with Crippen molar-refractivity contribution in [1.82, 2.24) is 5.32 Å². The number of nitrogens with one attached hydrogen (secondary N) is 2. The summed E-state index contributed by atoms with van der Waals surface area (Å²) in [6.07, 6.45) is 0.403. The van der Waals surface area contributed by atoms with Crippen molar-refractivity contribution < 1.29 is 19.4 Å². The van der Waals surface area contributed by atoms with E-state index in [1.54, 1.807) is 32.4 Å². The Morgan fingerprint density at radius 2 is 2.14 bits per heavy atom. The molecule has 7 heteroatoms. The van der Waals surface area contributed by atoms with Gasteiger partial charge < -0.3 is 25.2 Å². The van der Waals surface area contributed by atoms with Crippen LogP contribution in [0.3, 0.4) is 0 Å². The van der Waals surface area contributed by atoms with Gasteiger partial charge in [0.15, 0.2) is 0 Å². The molecule has 0 radical (unpaired) electrons. The normalized spacial score (nSPS) is 13.4. The zero-order chi connectivity index (χ0) is 15.9. The van der Waals surface area contributed by atoms with E-state index < -0.39 is 5.54 Å². The summed E-state index contributed by atoms with van der Waals surface area (Å²) in [6.45, 7) is 2.09. The largest absolute Gasteiger partial charge is 0.496 e. The van der Waals surface area contributed by atoms with Gasteiger partial charge in [-0.2, -0.15) is 0 Å². The van der Waals surface area contributed by atoms with Crippen LogP contribution in [0.15, 0.2) is 22.7 Å². The third-order valence-electron chi connectivity index (χ3n) is 2.95. The van der Waals surface area contributed by atoms with Gasteiger partial charge in [0.1, 0.15) is 5.75 Å². The van der Waals surface area contributed by atoms with Crippen molar-refractivity contribution in [2.75, 3.05) is 32.8 Å². The maximum Gasteiger partial charge on any atom is 0.319 e. The van der Waals surface area contributed by atoms with Crippen LogP contribution in [0.25, 0.3) is 0 Å². The Morgan fingerprint density at radius 3 is 2.67 bits per heavy atom. The molecule has 0 fully saturated rings. The van der Waals surface area contributed by atoms with Gasteiger partial charge in [-0.1, -0.05) is 0 Å². The van der Waals surface area contributed by atoms with Crippen LogP contribution in [-0.4, -0.2) is 44.1 Å². The monoisotopic (exact) mass is 360 g/mol. The molecule has 2 amide bonds. The summed E-state index contributed by atoms with van der Waals surface area (Å²) in [5.74, 6) is 0.686. The highest BCUT2D eigenvalue weighted by Gasteiger charge is 2.25. The Balaban J connectivity index is 2.69. The Bertz CT molecular complexity index is 476. The average Bonchev–Trinajstić information content (AvgIpc) is 2.38. The topological polar surface area (TPSA) is 79.8 Å². The van der Waals surface area contributed by atoms with Gasteiger partial charge in [0, 0.05) is 19.4 Å². The van der Waals surface area contributed by atoms with Crippen LogP contribution in [-0.2, 0) is 4.74 Å². The predicted octanol–water partition coefficient (Wildman–Crippen LogP) is 2.37. The first-order valence-electron chi connectivity index (χ1n) is 6.46. The van der Waals surface area contributed by atoms with Gasteiger partial charge in [0.25, 0.3) is 0 Å². The summed E-state index contributed by atoms with van der Waals surface area (Å²) >= 11 is 3.36. The summed E-state index contributed by atoms with van der Waals surface area (Å²) < 4.78 is 11.0. The van der Waals surface area contributed by atoms with E-state index in [4.69, 9.17) is 14.6 Å². The molecular weight excluding hydrogens is 340 g/mol. The highest BCUT2D eigenvalue weighted by Crippen LogP contribution is 2.27. The molecule has 0 aliphatic carbocycles. The molecule has 0 aromatic heterocycles. The van der Waals surface area contributed by atoms with Gasteiger partial charge >= 0.3 is 6.03 Å². The molecule has 0 aliphatic rings. The summed E-state index contributed by atoms with van der Waals surface area (Å²) in [5, 5.41) is 14.6. The molecule has 1 aromatic carbocycles. The van der Waals surface area contributed by atoms with Crippen LogP contribution in [0, 0.1) is 0 Å².